The number of amides is 2. The molecular weight excluding hydrogens is 986 g/mol. The monoisotopic (exact) mass is 1090 g/mol. The second-order valence-corrected chi connectivity index (χ2v) is 18.3. The topological polar surface area (TPSA) is 210 Å². The Morgan fingerprint density at radius 1 is 0.867 bits per heavy atom. The van der Waals surface area contributed by atoms with Crippen molar-refractivity contribution in [2.45, 2.75) is 152 Å². The van der Waals surface area contributed by atoms with Gasteiger partial charge < -0.3 is 51.9 Å². The molecule has 0 aliphatic carbocycles. The molecule has 418 valence electrons. The predicted octanol–water partition coefficient (Wildman–Crippen LogP) is 9.56. The standard InChI is InChI=1S/C30H45N4.C12H14N2S.C6H12N2O2.C4H10.2C2H6.CH3NO.2CH2O.K/c1-3-4-5-6-7-8-9-10-11-20-32-28-17-14-26(15-18-28)27-16-19-29(30(25-27)31-2)33-21-24-34-22-12-13-23-34;1-9-12(15-8-14-9)11-5-3-10(4-6-11)7-13-2;7-3-6(10)8-2-1-5(9)4-8;1-4(2)3;2*1-2;2-1-3;2*1-2;/h14-19,25,33H,2-13,20-24H2,1H3;3-6,8,13H,7H2,1-2H3;5,9H,1-4,7H2;4H,1-3H3;2*1-2H3;1H,(H2,2,3);2*1H2;/q-1;;;;;;;;;+1. The van der Waals surface area contributed by atoms with Gasteiger partial charge in [-0.1, -0.05) is 168 Å². The van der Waals surface area contributed by atoms with Gasteiger partial charge in [0.25, 0.3) is 0 Å². The zero-order valence-electron chi connectivity index (χ0n) is 48.5. The number of nitrogens with two attached hydrogens (primary N) is 2. The Morgan fingerprint density at radius 3 is 1.85 bits per heavy atom. The van der Waals surface area contributed by atoms with Gasteiger partial charge in [-0.3, -0.25) is 14.6 Å². The number of hydrogen-bond acceptors (Lipinski definition) is 12. The minimum Gasteiger partial charge on any atom is -0.684 e. The van der Waals surface area contributed by atoms with Gasteiger partial charge in [-0.15, -0.1) is 23.6 Å². The molecule has 2 aliphatic heterocycles. The summed E-state index contributed by atoms with van der Waals surface area (Å²) in [7, 11) is 1.96. The number of carbonyl (C=O) groups is 4. The van der Waals surface area contributed by atoms with Crippen molar-refractivity contribution < 1.29 is 75.7 Å². The smallest absolute Gasteiger partial charge is 0.684 e. The summed E-state index contributed by atoms with van der Waals surface area (Å²) in [6.45, 7) is 34.1. The second kappa shape index (κ2) is 55.1. The number of unbranched alkanes of at least 4 members (excludes halogenated alkanes) is 8. The van der Waals surface area contributed by atoms with Crippen LogP contribution >= 0.6 is 11.3 Å². The number of aromatic nitrogens is 1. The van der Waals surface area contributed by atoms with E-state index in [-0.39, 0.29) is 76.4 Å². The number of rotatable bonds is 21. The minimum absolute atomic E-state index is 0. The molecule has 2 amide bonds. The number of nitrogens with one attached hydrogen (secondary N) is 2. The van der Waals surface area contributed by atoms with E-state index in [0.29, 0.717) is 19.5 Å². The van der Waals surface area contributed by atoms with Gasteiger partial charge in [0.05, 0.1) is 40.1 Å². The molecule has 1 unspecified atom stereocenters. The molecule has 1 aromatic heterocycles. The summed E-state index contributed by atoms with van der Waals surface area (Å²) < 4.78 is 0. The number of carbonyl (C=O) groups excluding carboxylic acids is 4. The zero-order chi connectivity index (χ0) is 56.4. The van der Waals surface area contributed by atoms with E-state index in [0.717, 1.165) is 60.4 Å². The molecule has 4 aromatic rings. The number of likely N-dealkylation sites (tertiary alicyclic amines) is 2. The van der Waals surface area contributed by atoms with Crippen molar-refractivity contribution in [3.63, 3.8) is 0 Å². The molecule has 7 N–H and O–H groups in total. The molecule has 16 heteroatoms. The Kier molecular flexibility index (Phi) is 57.2. The number of anilines is 1. The molecular formula is C59H100KN9O5S. The molecule has 2 fully saturated rings. The van der Waals surface area contributed by atoms with Crippen molar-refractivity contribution in [3.8, 4) is 21.6 Å². The van der Waals surface area contributed by atoms with Crippen molar-refractivity contribution in [1.82, 2.24) is 20.1 Å². The maximum atomic E-state index is 10.8. The van der Waals surface area contributed by atoms with Crippen LogP contribution in [0.2, 0.25) is 0 Å². The molecule has 6 rings (SSSR count). The number of nitrogens with zero attached hydrogens (tertiary/aromatic N) is 5. The van der Waals surface area contributed by atoms with Gasteiger partial charge in [0.1, 0.15) is 13.6 Å². The third kappa shape index (κ3) is 38.5. The van der Waals surface area contributed by atoms with E-state index in [9.17, 15) is 4.79 Å². The Balaban J connectivity index is -0.000000505. The number of hydrogen-bond donors (Lipinski definition) is 5. The maximum absolute atomic E-state index is 10.8. The third-order valence-electron chi connectivity index (χ3n) is 10.9. The molecule has 3 aromatic carbocycles. The molecule has 0 saturated carbocycles. The zero-order valence-corrected chi connectivity index (χ0v) is 52.4. The van der Waals surface area contributed by atoms with Crippen LogP contribution in [0.5, 0.6) is 0 Å². The van der Waals surface area contributed by atoms with Gasteiger partial charge in [-0.25, -0.2) is 4.98 Å². The quantitative estimate of drug-likeness (QED) is 0.0231. The number of aliphatic hydroxyl groups is 1. The molecule has 75 heavy (non-hydrogen) atoms. The number of primary amides is 1. The Hall–Kier alpha value is -3.68. The van der Waals surface area contributed by atoms with Crippen LogP contribution in [0, 0.1) is 12.8 Å². The number of β-amino-alcohol motifs (C(OH)–C–C–N with tert-alkyl or cyclic N) is 1. The van der Waals surface area contributed by atoms with Crippen molar-refractivity contribution >= 4 is 61.0 Å². The Bertz CT molecular complexity index is 1910. The molecule has 1 atom stereocenters. The van der Waals surface area contributed by atoms with E-state index in [2.05, 4.69) is 132 Å². The average molecular weight is 1090 g/mol. The molecule has 2 saturated heterocycles. The van der Waals surface area contributed by atoms with Gasteiger partial charge in [-0.05, 0) is 93.3 Å². The molecule has 3 heterocycles. The van der Waals surface area contributed by atoms with Gasteiger partial charge in [-0.2, -0.15) is 0 Å². The van der Waals surface area contributed by atoms with Crippen LogP contribution < -0.4 is 73.5 Å². The van der Waals surface area contributed by atoms with Crippen molar-refractivity contribution in [3.05, 3.63) is 88.8 Å². The van der Waals surface area contributed by atoms with E-state index >= 15 is 0 Å². The molecule has 0 bridgehead atoms. The van der Waals surface area contributed by atoms with Crippen LogP contribution in [0.15, 0.2) is 77.2 Å². The number of aryl methyl sites for hydroxylation is 1. The molecule has 14 nitrogen and oxygen atoms in total. The van der Waals surface area contributed by atoms with E-state index in [1.807, 2.05) is 60.8 Å². The summed E-state index contributed by atoms with van der Waals surface area (Å²) in [6, 6.07) is 23.6. The molecule has 0 radical (unpaired) electrons. The van der Waals surface area contributed by atoms with Crippen LogP contribution in [0.25, 0.3) is 26.9 Å². The molecule has 2 aliphatic rings. The van der Waals surface area contributed by atoms with Gasteiger partial charge in [0.2, 0.25) is 12.3 Å². The predicted molar refractivity (Wildman–Crippen MR) is 319 cm³/mol. The fraction of sp³-hybridized carbons (Fsp3) is 0.559. The third-order valence-corrected chi connectivity index (χ3v) is 11.9. The number of thiazole rings is 1. The summed E-state index contributed by atoms with van der Waals surface area (Å²) in [5.41, 5.74) is 20.3. The first kappa shape index (κ1) is 77.8. The SMILES string of the molecule is C=Nc1cc(-c2ccc([N-]CCCCCCCCCCC)cc2)ccc1NCCN1CCCC1.C=O.C=O.CC.CC.CC(C)C.CNCc1ccc(-c2scnc2C)cc1.NC=O.NCC(=O)N1CCC(O)C1.[K+]. The number of aliphatic hydroxyl groups excluding tert-OH is 1. The van der Waals surface area contributed by atoms with Crippen LogP contribution in [0.3, 0.4) is 0 Å². The van der Waals surface area contributed by atoms with Gasteiger partial charge >= 0.3 is 51.4 Å². The average Bonchev–Trinajstić information content (AvgIpc) is 4.23. The number of benzene rings is 3. The van der Waals surface area contributed by atoms with Crippen LogP contribution in [0.4, 0.5) is 17.1 Å². The van der Waals surface area contributed by atoms with E-state index in [1.54, 1.807) is 16.2 Å². The summed E-state index contributed by atoms with van der Waals surface area (Å²) in [4.78, 5) is 49.3. The van der Waals surface area contributed by atoms with E-state index < -0.39 is 0 Å². The Morgan fingerprint density at radius 2 is 1.39 bits per heavy atom. The number of aliphatic imine (C=N–C) groups is 1. The van der Waals surface area contributed by atoms with E-state index in [1.165, 1.54) is 105 Å². The Labute approximate surface area is 501 Å². The molecule has 0 spiro atoms. The second-order valence-electron chi connectivity index (χ2n) is 17.5. The summed E-state index contributed by atoms with van der Waals surface area (Å²) in [5.74, 6) is 0.761. The fourth-order valence-electron chi connectivity index (χ4n) is 7.39. The fourth-order valence-corrected chi connectivity index (χ4v) is 8.20. The van der Waals surface area contributed by atoms with E-state index in [4.69, 9.17) is 30.5 Å². The maximum Gasteiger partial charge on any atom is 1.00 e. The normalized spacial score (nSPS) is 12.7. The summed E-state index contributed by atoms with van der Waals surface area (Å²) >= 11 is 1.70. The van der Waals surface area contributed by atoms with Gasteiger partial charge in [0, 0.05) is 32.7 Å². The first-order chi connectivity index (χ1) is 36.0. The van der Waals surface area contributed by atoms with Crippen LogP contribution in [-0.4, -0.2) is 118 Å². The summed E-state index contributed by atoms with van der Waals surface area (Å²) in [6.07, 6.45) is 15.4. The van der Waals surface area contributed by atoms with Crippen molar-refractivity contribution in [2.75, 3.05) is 64.7 Å². The summed E-state index contributed by atoms with van der Waals surface area (Å²) in [5, 5.41) is 20.5. The first-order valence-electron chi connectivity index (χ1n) is 26.9. The van der Waals surface area contributed by atoms with Gasteiger partial charge in [0.15, 0.2) is 0 Å². The van der Waals surface area contributed by atoms with Crippen molar-refractivity contribution in [2.24, 2.45) is 22.4 Å². The first-order valence-corrected chi connectivity index (χ1v) is 27.8. The minimum atomic E-state index is -0.338. The van der Waals surface area contributed by atoms with Crippen molar-refractivity contribution in [1.29, 1.82) is 0 Å². The largest absolute Gasteiger partial charge is 1.00 e. The van der Waals surface area contributed by atoms with Crippen LogP contribution in [-0.2, 0) is 25.7 Å². The van der Waals surface area contributed by atoms with Crippen LogP contribution in [0.1, 0.15) is 144 Å².